The molecule has 2 aromatic carbocycles. The van der Waals surface area contributed by atoms with E-state index in [1.54, 1.807) is 6.07 Å². The van der Waals surface area contributed by atoms with Gasteiger partial charge >= 0.3 is 0 Å². The quantitative estimate of drug-likeness (QED) is 0.530. The number of hydrogen-bond acceptors (Lipinski definition) is 4. The van der Waals surface area contributed by atoms with Crippen LogP contribution in [0.4, 0.5) is 4.39 Å². The molecule has 1 aliphatic heterocycles. The van der Waals surface area contributed by atoms with E-state index in [-0.39, 0.29) is 18.2 Å². The average molecular weight is 405 g/mol. The number of rotatable bonds is 5. The number of para-hydroxylation sites is 1. The normalized spacial score (nSPS) is 14.4. The Morgan fingerprint density at radius 3 is 2.90 bits per heavy atom. The largest absolute Gasteiger partial charge is 0.494 e. The van der Waals surface area contributed by atoms with Crippen LogP contribution in [0.25, 0.3) is 21.8 Å². The van der Waals surface area contributed by atoms with Crippen molar-refractivity contribution in [3.63, 3.8) is 0 Å². The summed E-state index contributed by atoms with van der Waals surface area (Å²) < 4.78 is 19.3. The molecule has 0 saturated heterocycles. The van der Waals surface area contributed by atoms with Crippen molar-refractivity contribution < 1.29 is 14.2 Å². The van der Waals surface area contributed by atoms with Crippen LogP contribution in [0.2, 0.25) is 0 Å². The molecule has 30 heavy (non-hydrogen) atoms. The fourth-order valence-electron chi connectivity index (χ4n) is 4.54. The molecule has 5 nitrogen and oxygen atoms in total. The van der Waals surface area contributed by atoms with E-state index in [1.165, 1.54) is 29.5 Å². The van der Waals surface area contributed by atoms with Gasteiger partial charge in [0, 0.05) is 42.3 Å². The monoisotopic (exact) mass is 405 g/mol. The number of β-amino-alcohol motifs (C(OH)–C–C–N with tert-alkyl or cyclic N) is 1. The lowest BCUT2D eigenvalue weighted by Crippen LogP contribution is -2.33. The highest BCUT2D eigenvalue weighted by Gasteiger charge is 2.24. The van der Waals surface area contributed by atoms with Crippen LogP contribution < -0.4 is 4.74 Å². The number of benzene rings is 2. The number of nitrogens with zero attached hydrogens (tertiary/aromatic N) is 2. The van der Waals surface area contributed by atoms with Crippen molar-refractivity contribution in [1.82, 2.24) is 14.9 Å². The number of nitrogens with one attached hydrogen (secondary N) is 1. The molecule has 154 valence electrons. The summed E-state index contributed by atoms with van der Waals surface area (Å²) in [6.45, 7) is 2.41. The topological polar surface area (TPSA) is 61.4 Å². The molecule has 4 aromatic rings. The smallest absolute Gasteiger partial charge is 0.165 e. The van der Waals surface area contributed by atoms with Crippen LogP contribution in [-0.4, -0.2) is 46.8 Å². The van der Waals surface area contributed by atoms with Crippen LogP contribution in [0.15, 0.2) is 42.5 Å². The molecular formula is C24H24FN3O2. The van der Waals surface area contributed by atoms with Gasteiger partial charge in [0.25, 0.3) is 0 Å². The highest BCUT2D eigenvalue weighted by Crippen LogP contribution is 2.35. The van der Waals surface area contributed by atoms with E-state index >= 15 is 0 Å². The third-order valence-corrected chi connectivity index (χ3v) is 5.97. The highest BCUT2D eigenvalue weighted by molar-refractivity contribution is 6.10. The number of halogens is 1. The Balaban J connectivity index is 1.66. The zero-order chi connectivity index (χ0) is 20.7. The van der Waals surface area contributed by atoms with Crippen LogP contribution in [0.1, 0.15) is 22.5 Å². The zero-order valence-electron chi connectivity index (χ0n) is 16.9. The van der Waals surface area contributed by atoms with Gasteiger partial charge in [-0.2, -0.15) is 0 Å². The van der Waals surface area contributed by atoms with Crippen molar-refractivity contribution in [3.05, 3.63) is 70.8 Å². The van der Waals surface area contributed by atoms with Gasteiger partial charge in [0.2, 0.25) is 0 Å². The van der Waals surface area contributed by atoms with Crippen molar-refractivity contribution in [3.8, 4) is 5.75 Å². The summed E-state index contributed by atoms with van der Waals surface area (Å²) in [5, 5.41) is 11.8. The Hall–Kier alpha value is -2.96. The third-order valence-electron chi connectivity index (χ3n) is 5.97. The van der Waals surface area contributed by atoms with Crippen LogP contribution in [0.3, 0.4) is 0 Å². The van der Waals surface area contributed by atoms with Gasteiger partial charge in [-0.3, -0.25) is 9.88 Å². The van der Waals surface area contributed by atoms with Gasteiger partial charge in [-0.15, -0.1) is 0 Å². The second kappa shape index (κ2) is 7.70. The van der Waals surface area contributed by atoms with Gasteiger partial charge in [-0.1, -0.05) is 24.3 Å². The molecule has 0 bridgehead atoms. The minimum Gasteiger partial charge on any atom is -0.494 e. The minimum absolute atomic E-state index is 0.142. The SMILES string of the molecule is COc1ccc(Cc2nc3c(c4c2[nH]c2ccccc24)CCN(CCO)C3)cc1F. The predicted molar refractivity (Wildman–Crippen MR) is 115 cm³/mol. The number of aromatic nitrogens is 2. The molecule has 0 saturated carbocycles. The maximum Gasteiger partial charge on any atom is 0.165 e. The maximum atomic E-state index is 14.3. The van der Waals surface area contributed by atoms with Crippen LogP contribution >= 0.6 is 0 Å². The summed E-state index contributed by atoms with van der Waals surface area (Å²) in [5.41, 5.74) is 6.21. The summed E-state index contributed by atoms with van der Waals surface area (Å²) in [7, 11) is 1.47. The molecule has 5 rings (SSSR count). The number of fused-ring (bicyclic) bond motifs is 5. The second-order valence-corrected chi connectivity index (χ2v) is 7.80. The number of ether oxygens (including phenoxy) is 1. The lowest BCUT2D eigenvalue weighted by Gasteiger charge is -2.28. The fraction of sp³-hybridized carbons (Fsp3) is 0.292. The number of aliphatic hydroxyl groups excluding tert-OH is 1. The number of hydrogen-bond donors (Lipinski definition) is 2. The molecular weight excluding hydrogens is 381 g/mol. The summed E-state index contributed by atoms with van der Waals surface area (Å²) in [4.78, 5) is 10.8. The third kappa shape index (κ3) is 3.22. The minimum atomic E-state index is -0.366. The first-order chi connectivity index (χ1) is 14.7. The average Bonchev–Trinajstić information content (AvgIpc) is 3.14. The summed E-state index contributed by atoms with van der Waals surface area (Å²) in [6, 6.07) is 13.4. The summed E-state index contributed by atoms with van der Waals surface area (Å²) >= 11 is 0. The highest BCUT2D eigenvalue weighted by atomic mass is 19.1. The van der Waals surface area contributed by atoms with Gasteiger partial charge in [0.1, 0.15) is 0 Å². The Bertz CT molecular complexity index is 1230. The van der Waals surface area contributed by atoms with Crippen LogP contribution in [-0.2, 0) is 19.4 Å². The van der Waals surface area contributed by atoms with E-state index in [2.05, 4.69) is 28.1 Å². The molecule has 0 atom stereocenters. The molecule has 0 fully saturated rings. The van der Waals surface area contributed by atoms with E-state index in [0.717, 1.165) is 47.5 Å². The molecule has 0 spiro atoms. The van der Waals surface area contributed by atoms with E-state index in [0.29, 0.717) is 13.0 Å². The Kier molecular flexibility index (Phi) is 4.89. The molecule has 0 aliphatic carbocycles. The van der Waals surface area contributed by atoms with E-state index in [1.807, 2.05) is 12.1 Å². The number of H-pyrrole nitrogens is 1. The number of pyridine rings is 1. The molecule has 3 heterocycles. The predicted octanol–water partition coefficient (Wildman–Crippen LogP) is 3.81. The standard InChI is InChI=1S/C24H24FN3O2/c1-30-22-7-6-15(12-18(22)25)13-20-24-23(16-4-2-3-5-19(16)27-24)17-8-9-28(10-11-29)14-21(17)26-20/h2-7,12,27,29H,8-11,13-14H2,1H3. The van der Waals surface area contributed by atoms with Crippen molar-refractivity contribution in [2.75, 3.05) is 26.8 Å². The number of aliphatic hydroxyl groups is 1. The number of methoxy groups -OCH3 is 1. The zero-order valence-corrected chi connectivity index (χ0v) is 16.9. The molecule has 0 amide bonds. The van der Waals surface area contributed by atoms with E-state index in [4.69, 9.17) is 9.72 Å². The van der Waals surface area contributed by atoms with Gasteiger partial charge in [0.05, 0.1) is 30.6 Å². The van der Waals surface area contributed by atoms with Crippen molar-refractivity contribution in [1.29, 1.82) is 0 Å². The van der Waals surface area contributed by atoms with E-state index < -0.39 is 0 Å². The van der Waals surface area contributed by atoms with Crippen LogP contribution in [0, 0.1) is 5.82 Å². The number of aromatic amines is 1. The first-order valence-corrected chi connectivity index (χ1v) is 10.2. The van der Waals surface area contributed by atoms with E-state index in [9.17, 15) is 9.50 Å². The lowest BCUT2D eigenvalue weighted by atomic mass is 9.96. The summed E-state index contributed by atoms with van der Waals surface area (Å²) in [6.07, 6.45) is 1.43. The second-order valence-electron chi connectivity index (χ2n) is 7.80. The fourth-order valence-corrected chi connectivity index (χ4v) is 4.54. The van der Waals surface area contributed by atoms with Crippen molar-refractivity contribution in [2.45, 2.75) is 19.4 Å². The first-order valence-electron chi connectivity index (χ1n) is 10.2. The van der Waals surface area contributed by atoms with Crippen molar-refractivity contribution in [2.24, 2.45) is 0 Å². The van der Waals surface area contributed by atoms with Crippen molar-refractivity contribution >= 4 is 21.8 Å². The molecule has 6 heteroatoms. The maximum absolute atomic E-state index is 14.3. The Labute approximate surface area is 174 Å². The van der Waals surface area contributed by atoms with Gasteiger partial charge < -0.3 is 14.8 Å². The molecule has 2 N–H and O–H groups in total. The van der Waals surface area contributed by atoms with Gasteiger partial charge in [0.15, 0.2) is 11.6 Å². The van der Waals surface area contributed by atoms with Gasteiger partial charge in [-0.05, 0) is 35.7 Å². The Morgan fingerprint density at radius 2 is 2.10 bits per heavy atom. The van der Waals surface area contributed by atoms with Crippen LogP contribution in [0.5, 0.6) is 5.75 Å². The Morgan fingerprint density at radius 1 is 1.23 bits per heavy atom. The molecule has 2 aromatic heterocycles. The lowest BCUT2D eigenvalue weighted by molar-refractivity contribution is 0.183. The van der Waals surface area contributed by atoms with Gasteiger partial charge in [-0.25, -0.2) is 4.39 Å². The molecule has 0 radical (unpaired) electrons. The molecule has 0 unspecified atom stereocenters. The first kappa shape index (κ1) is 19.0. The molecule has 1 aliphatic rings. The summed E-state index contributed by atoms with van der Waals surface area (Å²) in [5.74, 6) is -0.123.